The number of nitrogens with one attached hydrogen (secondary N) is 2. The summed E-state index contributed by atoms with van der Waals surface area (Å²) in [5.74, 6) is 0.823. The number of para-hydroxylation sites is 1. The summed E-state index contributed by atoms with van der Waals surface area (Å²) < 4.78 is 0. The molecule has 4 nitrogen and oxygen atoms in total. The molecule has 1 aromatic carbocycles. The molecule has 6 heteroatoms. The lowest BCUT2D eigenvalue weighted by atomic mass is 10.2. The zero-order valence-corrected chi connectivity index (χ0v) is 10.6. The smallest absolute Gasteiger partial charge is 0.223 e. The highest BCUT2D eigenvalue weighted by molar-refractivity contribution is 6.33. The Hall–Kier alpha value is -1.78. The van der Waals surface area contributed by atoms with E-state index in [1.165, 1.54) is 0 Å². The second kappa shape index (κ2) is 4.48. The van der Waals surface area contributed by atoms with E-state index in [2.05, 4.69) is 20.3 Å². The highest BCUT2D eigenvalue weighted by Crippen LogP contribution is 2.25. The summed E-state index contributed by atoms with van der Waals surface area (Å²) in [5, 5.41) is 4.65. The van der Waals surface area contributed by atoms with Crippen molar-refractivity contribution in [2.75, 3.05) is 5.32 Å². The lowest BCUT2D eigenvalue weighted by molar-refractivity contribution is 1.16. The minimum atomic E-state index is 0.127. The van der Waals surface area contributed by atoms with Gasteiger partial charge in [-0.15, -0.1) is 0 Å². The van der Waals surface area contributed by atoms with E-state index in [-0.39, 0.29) is 10.4 Å². The predicted molar refractivity (Wildman–Crippen MR) is 73.6 cm³/mol. The minimum Gasteiger partial charge on any atom is -0.341 e. The van der Waals surface area contributed by atoms with E-state index >= 15 is 0 Å². The number of rotatable bonds is 2. The Balaban J connectivity index is 1.96. The summed E-state index contributed by atoms with van der Waals surface area (Å²) >= 11 is 11.6. The van der Waals surface area contributed by atoms with Crippen LogP contribution in [0.15, 0.2) is 36.5 Å². The number of fused-ring (bicyclic) bond motifs is 1. The normalized spacial score (nSPS) is 10.8. The quantitative estimate of drug-likeness (QED) is 0.550. The number of aromatic amines is 1. The van der Waals surface area contributed by atoms with Crippen molar-refractivity contribution in [1.82, 2.24) is 15.0 Å². The van der Waals surface area contributed by atoms with E-state index in [4.69, 9.17) is 23.2 Å². The largest absolute Gasteiger partial charge is 0.341 e. The minimum absolute atomic E-state index is 0.127. The van der Waals surface area contributed by atoms with Gasteiger partial charge >= 0.3 is 0 Å². The number of nitrogens with zero attached hydrogens (tertiary/aromatic N) is 2. The second-order valence-electron chi connectivity index (χ2n) is 3.74. The van der Waals surface area contributed by atoms with Crippen LogP contribution >= 0.6 is 23.2 Å². The molecule has 2 heterocycles. The van der Waals surface area contributed by atoms with Crippen LogP contribution in [-0.2, 0) is 0 Å². The Morgan fingerprint density at radius 3 is 2.78 bits per heavy atom. The molecule has 3 aromatic rings. The maximum atomic E-state index is 5.97. The fraction of sp³-hybridized carbons (Fsp3) is 0. The average Bonchev–Trinajstić information content (AvgIpc) is 2.75. The molecule has 90 valence electrons. The molecule has 0 saturated heterocycles. The number of hydrogen-bond acceptors (Lipinski definition) is 3. The maximum Gasteiger partial charge on any atom is 0.223 e. The van der Waals surface area contributed by atoms with Gasteiger partial charge in [-0.25, -0.2) is 9.97 Å². The summed E-state index contributed by atoms with van der Waals surface area (Å²) in [6.45, 7) is 0. The standard InChI is InChI=1S/C12H8Cl2N4/c13-11-9(6-15-12(14)18-11)17-10-5-7-3-1-2-4-8(7)16-10/h1-6,16-17H. The lowest BCUT2D eigenvalue weighted by Crippen LogP contribution is -1.94. The van der Waals surface area contributed by atoms with Crippen LogP contribution in [0.3, 0.4) is 0 Å². The summed E-state index contributed by atoms with van der Waals surface area (Å²) in [6.07, 6.45) is 1.54. The average molecular weight is 279 g/mol. The van der Waals surface area contributed by atoms with E-state index in [0.717, 1.165) is 16.7 Å². The van der Waals surface area contributed by atoms with E-state index in [1.807, 2.05) is 30.3 Å². The van der Waals surface area contributed by atoms with Gasteiger partial charge in [-0.2, -0.15) is 0 Å². The van der Waals surface area contributed by atoms with Crippen LogP contribution in [-0.4, -0.2) is 15.0 Å². The topological polar surface area (TPSA) is 53.6 Å². The first-order valence-electron chi connectivity index (χ1n) is 5.25. The Bertz CT molecular complexity index is 675. The van der Waals surface area contributed by atoms with E-state index in [9.17, 15) is 0 Å². The molecule has 0 bridgehead atoms. The van der Waals surface area contributed by atoms with Gasteiger partial charge in [-0.3, -0.25) is 0 Å². The highest BCUT2D eigenvalue weighted by Gasteiger charge is 2.06. The van der Waals surface area contributed by atoms with Gasteiger partial charge < -0.3 is 10.3 Å². The number of halogens is 2. The highest BCUT2D eigenvalue weighted by atomic mass is 35.5. The first-order valence-corrected chi connectivity index (χ1v) is 6.01. The van der Waals surface area contributed by atoms with Gasteiger partial charge in [0.05, 0.1) is 11.9 Å². The number of anilines is 2. The summed E-state index contributed by atoms with van der Waals surface area (Å²) in [7, 11) is 0. The van der Waals surface area contributed by atoms with Gasteiger partial charge in [0.25, 0.3) is 0 Å². The summed E-state index contributed by atoms with van der Waals surface area (Å²) in [5.41, 5.74) is 1.65. The lowest BCUT2D eigenvalue weighted by Gasteiger charge is -2.04. The van der Waals surface area contributed by atoms with Gasteiger partial charge in [0, 0.05) is 10.9 Å². The van der Waals surface area contributed by atoms with Gasteiger partial charge in [0.15, 0.2) is 5.15 Å². The third-order valence-electron chi connectivity index (χ3n) is 2.51. The molecule has 0 spiro atoms. The van der Waals surface area contributed by atoms with Crippen molar-refractivity contribution in [2.45, 2.75) is 0 Å². The molecule has 0 aliphatic rings. The Morgan fingerprint density at radius 2 is 2.00 bits per heavy atom. The van der Waals surface area contributed by atoms with Crippen molar-refractivity contribution in [2.24, 2.45) is 0 Å². The maximum absolute atomic E-state index is 5.97. The molecule has 0 fully saturated rings. The van der Waals surface area contributed by atoms with Crippen LogP contribution in [0.1, 0.15) is 0 Å². The SMILES string of the molecule is Clc1ncc(Nc2cc3ccccc3[nH]2)c(Cl)n1. The molecule has 2 N–H and O–H groups in total. The van der Waals surface area contributed by atoms with Crippen molar-refractivity contribution < 1.29 is 0 Å². The van der Waals surface area contributed by atoms with Crippen molar-refractivity contribution >= 4 is 45.6 Å². The number of hydrogen-bond donors (Lipinski definition) is 2. The van der Waals surface area contributed by atoms with Crippen molar-refractivity contribution in [3.63, 3.8) is 0 Å². The van der Waals surface area contributed by atoms with Gasteiger partial charge in [-0.1, -0.05) is 29.8 Å². The second-order valence-corrected chi connectivity index (χ2v) is 4.43. The van der Waals surface area contributed by atoms with Crippen LogP contribution in [0.5, 0.6) is 0 Å². The van der Waals surface area contributed by atoms with E-state index in [0.29, 0.717) is 5.69 Å². The van der Waals surface area contributed by atoms with Crippen LogP contribution in [0.4, 0.5) is 11.5 Å². The van der Waals surface area contributed by atoms with E-state index in [1.54, 1.807) is 6.20 Å². The van der Waals surface area contributed by atoms with Gasteiger partial charge in [0.2, 0.25) is 5.28 Å². The Morgan fingerprint density at radius 1 is 1.17 bits per heavy atom. The summed E-state index contributed by atoms with van der Waals surface area (Å²) in [4.78, 5) is 11.0. The predicted octanol–water partition coefficient (Wildman–Crippen LogP) is 4.01. The molecule has 0 aliphatic carbocycles. The third-order valence-corrected chi connectivity index (χ3v) is 2.98. The Labute approximate surface area is 113 Å². The molecular formula is C12H8Cl2N4. The zero-order valence-electron chi connectivity index (χ0n) is 9.11. The first kappa shape index (κ1) is 11.3. The number of benzene rings is 1. The monoisotopic (exact) mass is 278 g/mol. The number of H-pyrrole nitrogens is 1. The van der Waals surface area contributed by atoms with Crippen LogP contribution in [0.25, 0.3) is 10.9 Å². The molecule has 2 aromatic heterocycles. The Kier molecular flexibility index (Phi) is 2.81. The molecule has 0 radical (unpaired) electrons. The van der Waals surface area contributed by atoms with Crippen molar-refractivity contribution in [1.29, 1.82) is 0 Å². The van der Waals surface area contributed by atoms with Gasteiger partial charge in [0.1, 0.15) is 5.82 Å². The molecular weight excluding hydrogens is 271 g/mol. The van der Waals surface area contributed by atoms with Crippen LogP contribution in [0.2, 0.25) is 10.4 Å². The molecule has 3 rings (SSSR count). The summed E-state index contributed by atoms with van der Waals surface area (Å²) in [6, 6.07) is 9.97. The van der Waals surface area contributed by atoms with Crippen LogP contribution < -0.4 is 5.32 Å². The molecule has 0 aliphatic heterocycles. The van der Waals surface area contributed by atoms with Crippen LogP contribution in [0, 0.1) is 0 Å². The fourth-order valence-electron chi connectivity index (χ4n) is 1.71. The number of aromatic nitrogens is 3. The third kappa shape index (κ3) is 2.12. The molecule has 0 unspecified atom stereocenters. The molecule has 18 heavy (non-hydrogen) atoms. The fourth-order valence-corrected chi connectivity index (χ4v) is 2.06. The molecule has 0 atom stereocenters. The first-order chi connectivity index (χ1) is 8.72. The van der Waals surface area contributed by atoms with Crippen molar-refractivity contribution in [3.05, 3.63) is 47.0 Å². The van der Waals surface area contributed by atoms with E-state index < -0.39 is 0 Å². The zero-order chi connectivity index (χ0) is 12.5. The van der Waals surface area contributed by atoms with Crippen molar-refractivity contribution in [3.8, 4) is 0 Å². The van der Waals surface area contributed by atoms with Gasteiger partial charge in [-0.05, 0) is 23.7 Å². The molecule has 0 saturated carbocycles. The molecule has 0 amide bonds.